The van der Waals surface area contributed by atoms with Gasteiger partial charge in [-0.2, -0.15) is 0 Å². The summed E-state index contributed by atoms with van der Waals surface area (Å²) in [5, 5.41) is 39.5. The summed E-state index contributed by atoms with van der Waals surface area (Å²) in [4.78, 5) is 4.44. The van der Waals surface area contributed by atoms with Crippen LogP contribution in [0.15, 0.2) is 18.2 Å². The molecule has 0 unspecified atom stereocenters. The van der Waals surface area contributed by atoms with Crippen molar-refractivity contribution in [3.05, 3.63) is 28.8 Å². The van der Waals surface area contributed by atoms with Gasteiger partial charge in [-0.3, -0.25) is 0 Å². The molecule has 1 saturated heterocycles. The Morgan fingerprint density at radius 3 is 2.67 bits per heavy atom. The number of aliphatic hydroxyl groups excluding tert-OH is 4. The van der Waals surface area contributed by atoms with Crippen LogP contribution in [-0.2, 0) is 4.74 Å². The monoisotopic (exact) mass is 311 g/mol. The van der Waals surface area contributed by atoms with Crippen molar-refractivity contribution in [2.45, 2.75) is 37.4 Å². The van der Waals surface area contributed by atoms with Crippen LogP contribution >= 0.6 is 11.3 Å². The van der Waals surface area contributed by atoms with Crippen LogP contribution in [0.4, 0.5) is 0 Å². The summed E-state index contributed by atoms with van der Waals surface area (Å²) in [6.07, 6.45) is -5.79. The molecule has 2 aromatic rings. The highest BCUT2D eigenvalue weighted by molar-refractivity contribution is 7.18. The first-order valence-electron chi connectivity index (χ1n) is 6.69. The number of hydrogen-bond acceptors (Lipinski definition) is 7. The Balaban J connectivity index is 1.96. The summed E-state index contributed by atoms with van der Waals surface area (Å²) in [5.41, 5.74) is 1.88. The van der Waals surface area contributed by atoms with Gasteiger partial charge in [0, 0.05) is 0 Å². The molecule has 0 radical (unpaired) electrons. The highest BCUT2D eigenvalue weighted by Gasteiger charge is 2.45. The first-order chi connectivity index (χ1) is 10.0. The maximum absolute atomic E-state index is 10.1. The molecule has 0 aliphatic carbocycles. The molecule has 1 aromatic heterocycles. The lowest BCUT2D eigenvalue weighted by molar-refractivity contribution is -0.231. The van der Waals surface area contributed by atoms with Crippen LogP contribution in [0.1, 0.15) is 16.7 Å². The van der Waals surface area contributed by atoms with Crippen LogP contribution in [0.2, 0.25) is 0 Å². The second-order valence-electron chi connectivity index (χ2n) is 5.27. The van der Waals surface area contributed by atoms with Crippen LogP contribution in [0.5, 0.6) is 0 Å². The van der Waals surface area contributed by atoms with Crippen LogP contribution in [0.3, 0.4) is 0 Å². The Labute approximate surface area is 125 Å². The molecule has 3 rings (SSSR count). The first kappa shape index (κ1) is 14.8. The second-order valence-corrected chi connectivity index (χ2v) is 6.33. The topological polar surface area (TPSA) is 103 Å². The van der Waals surface area contributed by atoms with E-state index < -0.39 is 37.1 Å². The van der Waals surface area contributed by atoms with Gasteiger partial charge in [-0.15, -0.1) is 11.3 Å². The zero-order valence-electron chi connectivity index (χ0n) is 11.4. The summed E-state index contributed by atoms with van der Waals surface area (Å²) in [6.45, 7) is 1.53. The van der Waals surface area contributed by atoms with E-state index in [-0.39, 0.29) is 0 Å². The van der Waals surface area contributed by atoms with Gasteiger partial charge in [0.05, 0.1) is 16.8 Å². The zero-order chi connectivity index (χ0) is 15.1. The molecule has 7 heteroatoms. The molecule has 1 aromatic carbocycles. The molecule has 1 aliphatic heterocycles. The lowest BCUT2D eigenvalue weighted by Crippen LogP contribution is -2.55. The average molecular weight is 311 g/mol. The van der Waals surface area contributed by atoms with E-state index in [0.29, 0.717) is 5.01 Å². The van der Waals surface area contributed by atoms with E-state index in [1.54, 1.807) is 0 Å². The molecular weight excluding hydrogens is 294 g/mol. The van der Waals surface area contributed by atoms with E-state index in [9.17, 15) is 20.4 Å². The van der Waals surface area contributed by atoms with E-state index in [1.807, 2.05) is 25.1 Å². The number of rotatable bonds is 2. The van der Waals surface area contributed by atoms with Gasteiger partial charge in [0.1, 0.15) is 35.5 Å². The average Bonchev–Trinajstić information content (AvgIpc) is 2.88. The Kier molecular flexibility index (Phi) is 3.96. The van der Waals surface area contributed by atoms with E-state index >= 15 is 0 Å². The van der Waals surface area contributed by atoms with E-state index in [0.717, 1.165) is 15.8 Å². The quantitative estimate of drug-likeness (QED) is 0.628. The number of thiazole rings is 1. The zero-order valence-corrected chi connectivity index (χ0v) is 12.2. The van der Waals surface area contributed by atoms with Crippen molar-refractivity contribution in [2.75, 3.05) is 6.61 Å². The molecular formula is C14H17NO5S. The SMILES string of the molecule is Cc1ccc2sc([C@H]3O[C@@H](CO)[C@@H](O)[C@@H](O)[C@H]3O)nc2c1. The number of aromatic nitrogens is 1. The Morgan fingerprint density at radius 2 is 1.95 bits per heavy atom. The molecule has 1 fully saturated rings. The number of benzene rings is 1. The van der Waals surface area contributed by atoms with Gasteiger partial charge in [0.15, 0.2) is 0 Å². The molecule has 1 aliphatic rings. The van der Waals surface area contributed by atoms with Crippen molar-refractivity contribution in [2.24, 2.45) is 0 Å². The van der Waals surface area contributed by atoms with Crippen LogP contribution in [0, 0.1) is 6.92 Å². The van der Waals surface area contributed by atoms with Gasteiger partial charge in [-0.25, -0.2) is 4.98 Å². The fourth-order valence-corrected chi connectivity index (χ4v) is 3.51. The first-order valence-corrected chi connectivity index (χ1v) is 7.50. The smallest absolute Gasteiger partial charge is 0.138 e. The van der Waals surface area contributed by atoms with Gasteiger partial charge >= 0.3 is 0 Å². The van der Waals surface area contributed by atoms with Crippen LogP contribution < -0.4 is 0 Å². The van der Waals surface area contributed by atoms with Crippen molar-refractivity contribution in [1.82, 2.24) is 4.98 Å². The predicted octanol–water partition coefficient (Wildman–Crippen LogP) is 0.120. The summed E-state index contributed by atoms with van der Waals surface area (Å²) < 4.78 is 6.47. The van der Waals surface area contributed by atoms with E-state index in [1.165, 1.54) is 11.3 Å². The summed E-state index contributed by atoms with van der Waals surface area (Å²) in [7, 11) is 0. The van der Waals surface area contributed by atoms with Crippen molar-refractivity contribution < 1.29 is 25.2 Å². The lowest BCUT2D eigenvalue weighted by atomic mass is 9.95. The third-order valence-electron chi connectivity index (χ3n) is 3.70. The number of hydrogen-bond donors (Lipinski definition) is 4. The van der Waals surface area contributed by atoms with Crippen LogP contribution in [-0.4, -0.2) is 56.4 Å². The second kappa shape index (κ2) is 5.60. The summed E-state index contributed by atoms with van der Waals surface area (Å²) in [5.74, 6) is 0. The molecule has 2 heterocycles. The largest absolute Gasteiger partial charge is 0.394 e. The molecule has 0 spiro atoms. The highest BCUT2D eigenvalue weighted by atomic mass is 32.1. The number of fused-ring (bicyclic) bond motifs is 1. The summed E-state index contributed by atoms with van der Waals surface area (Å²) >= 11 is 1.36. The van der Waals surface area contributed by atoms with Gasteiger partial charge in [0.2, 0.25) is 0 Å². The number of ether oxygens (including phenoxy) is 1. The Hall–Kier alpha value is -1.09. The number of aliphatic hydroxyl groups is 4. The number of nitrogens with zero attached hydrogens (tertiary/aromatic N) is 1. The molecule has 21 heavy (non-hydrogen) atoms. The molecule has 0 saturated carbocycles. The third-order valence-corrected chi connectivity index (χ3v) is 4.79. The van der Waals surface area contributed by atoms with Gasteiger partial charge in [-0.05, 0) is 24.6 Å². The van der Waals surface area contributed by atoms with Gasteiger partial charge in [-0.1, -0.05) is 6.07 Å². The van der Waals surface area contributed by atoms with E-state index in [2.05, 4.69) is 4.98 Å². The molecule has 0 bridgehead atoms. The Bertz CT molecular complexity index is 643. The summed E-state index contributed by atoms with van der Waals surface area (Å²) in [6, 6.07) is 5.84. The molecule has 0 amide bonds. The minimum atomic E-state index is -1.38. The van der Waals surface area contributed by atoms with Crippen molar-refractivity contribution >= 4 is 21.6 Å². The normalized spacial score (nSPS) is 33.5. The predicted molar refractivity (Wildman–Crippen MR) is 77.1 cm³/mol. The maximum Gasteiger partial charge on any atom is 0.138 e. The van der Waals surface area contributed by atoms with Crippen molar-refractivity contribution in [3.8, 4) is 0 Å². The lowest BCUT2D eigenvalue weighted by Gasteiger charge is -2.39. The fraction of sp³-hybridized carbons (Fsp3) is 0.500. The number of aryl methyl sites for hydroxylation is 1. The molecule has 114 valence electrons. The van der Waals surface area contributed by atoms with Crippen molar-refractivity contribution in [3.63, 3.8) is 0 Å². The molecule has 6 nitrogen and oxygen atoms in total. The molecule has 4 N–H and O–H groups in total. The van der Waals surface area contributed by atoms with E-state index in [4.69, 9.17) is 4.74 Å². The van der Waals surface area contributed by atoms with Gasteiger partial charge < -0.3 is 25.2 Å². The fourth-order valence-electron chi connectivity index (χ4n) is 2.48. The minimum Gasteiger partial charge on any atom is -0.394 e. The third kappa shape index (κ3) is 2.57. The maximum atomic E-state index is 10.1. The minimum absolute atomic E-state index is 0.439. The van der Waals surface area contributed by atoms with Gasteiger partial charge in [0.25, 0.3) is 0 Å². The Morgan fingerprint density at radius 1 is 1.19 bits per heavy atom. The highest BCUT2D eigenvalue weighted by Crippen LogP contribution is 2.36. The van der Waals surface area contributed by atoms with Crippen molar-refractivity contribution in [1.29, 1.82) is 0 Å². The standard InChI is InChI=1S/C14H17NO5S/c1-6-2-3-9-7(4-6)15-14(21-9)13-12(19)11(18)10(17)8(5-16)20-13/h2-4,8,10-13,16-19H,5H2,1H3/t8-,10+,11+,12+,13-/m0/s1. The van der Waals surface area contributed by atoms with Crippen LogP contribution in [0.25, 0.3) is 10.2 Å². The molecule has 5 atom stereocenters.